The van der Waals surface area contributed by atoms with Crippen LogP contribution in [-0.2, 0) is 4.79 Å². The summed E-state index contributed by atoms with van der Waals surface area (Å²) in [5.41, 5.74) is 0.418. The lowest BCUT2D eigenvalue weighted by molar-refractivity contribution is -0.122. The third kappa shape index (κ3) is 2.96. The molecule has 1 heterocycles. The van der Waals surface area contributed by atoms with Crippen LogP contribution in [0.2, 0.25) is 0 Å². The number of piperidine rings is 1. The number of nitrogens with one attached hydrogen (secondary N) is 2. The van der Waals surface area contributed by atoms with Crippen LogP contribution in [0.5, 0.6) is 5.75 Å². The molecule has 0 radical (unpaired) electrons. The molecule has 0 spiro atoms. The van der Waals surface area contributed by atoms with Crippen molar-refractivity contribution in [2.45, 2.75) is 18.9 Å². The van der Waals surface area contributed by atoms with E-state index in [2.05, 4.69) is 10.6 Å². The van der Waals surface area contributed by atoms with Gasteiger partial charge in [-0.05, 0) is 24.6 Å². The first-order chi connectivity index (χ1) is 8.15. The summed E-state index contributed by atoms with van der Waals surface area (Å²) in [7, 11) is 0. The van der Waals surface area contributed by atoms with Crippen LogP contribution in [0.15, 0.2) is 24.3 Å². The Morgan fingerprint density at radius 2 is 2.29 bits per heavy atom. The SMILES string of the molecule is O=C1CCC(NC(=O)c2cccc(O)c2)CN1. The molecule has 5 nitrogen and oxygen atoms in total. The Kier molecular flexibility index (Phi) is 3.27. The average Bonchev–Trinajstić information content (AvgIpc) is 2.32. The zero-order valence-corrected chi connectivity index (χ0v) is 9.27. The topological polar surface area (TPSA) is 78.4 Å². The molecular weight excluding hydrogens is 220 g/mol. The van der Waals surface area contributed by atoms with E-state index in [0.29, 0.717) is 24.9 Å². The Hall–Kier alpha value is -2.04. The molecule has 1 aliphatic heterocycles. The van der Waals surface area contributed by atoms with Crippen molar-refractivity contribution in [2.24, 2.45) is 0 Å². The van der Waals surface area contributed by atoms with Gasteiger partial charge >= 0.3 is 0 Å². The predicted molar refractivity (Wildman–Crippen MR) is 61.6 cm³/mol. The van der Waals surface area contributed by atoms with E-state index in [4.69, 9.17) is 0 Å². The van der Waals surface area contributed by atoms with Crippen molar-refractivity contribution in [1.82, 2.24) is 10.6 Å². The van der Waals surface area contributed by atoms with Gasteiger partial charge in [0.1, 0.15) is 5.75 Å². The maximum absolute atomic E-state index is 11.8. The van der Waals surface area contributed by atoms with Crippen LogP contribution in [0.1, 0.15) is 23.2 Å². The number of carbonyl (C=O) groups excluding carboxylic acids is 2. The first-order valence-electron chi connectivity index (χ1n) is 5.52. The monoisotopic (exact) mass is 234 g/mol. The zero-order valence-electron chi connectivity index (χ0n) is 9.27. The maximum atomic E-state index is 11.8. The first kappa shape index (κ1) is 11.4. The van der Waals surface area contributed by atoms with Gasteiger partial charge in [0.05, 0.1) is 0 Å². The molecule has 17 heavy (non-hydrogen) atoms. The van der Waals surface area contributed by atoms with Gasteiger partial charge in [0.25, 0.3) is 5.91 Å². The molecule has 90 valence electrons. The van der Waals surface area contributed by atoms with Gasteiger partial charge in [-0.3, -0.25) is 9.59 Å². The number of benzene rings is 1. The number of hydrogen-bond acceptors (Lipinski definition) is 3. The normalized spacial score (nSPS) is 19.5. The maximum Gasteiger partial charge on any atom is 0.251 e. The Labute approximate surface area is 98.8 Å². The predicted octanol–water partition coefficient (Wildman–Crippen LogP) is 0.401. The highest BCUT2D eigenvalue weighted by molar-refractivity contribution is 5.94. The molecule has 1 saturated heterocycles. The van der Waals surface area contributed by atoms with E-state index in [0.717, 1.165) is 0 Å². The van der Waals surface area contributed by atoms with Crippen LogP contribution >= 0.6 is 0 Å². The molecule has 3 N–H and O–H groups in total. The number of phenolic OH excluding ortho intramolecular Hbond substituents is 1. The van der Waals surface area contributed by atoms with Gasteiger partial charge in [-0.25, -0.2) is 0 Å². The number of phenols is 1. The van der Waals surface area contributed by atoms with E-state index in [1.165, 1.54) is 12.1 Å². The number of carbonyl (C=O) groups is 2. The van der Waals surface area contributed by atoms with E-state index >= 15 is 0 Å². The highest BCUT2D eigenvalue weighted by Crippen LogP contribution is 2.11. The molecule has 1 aromatic carbocycles. The number of rotatable bonds is 2. The summed E-state index contributed by atoms with van der Waals surface area (Å²) >= 11 is 0. The molecule has 1 aromatic rings. The van der Waals surface area contributed by atoms with E-state index in [1.807, 2.05) is 0 Å². The second kappa shape index (κ2) is 4.86. The third-order valence-electron chi connectivity index (χ3n) is 2.71. The summed E-state index contributed by atoms with van der Waals surface area (Å²) in [5, 5.41) is 14.8. The fourth-order valence-corrected chi connectivity index (χ4v) is 1.77. The summed E-state index contributed by atoms with van der Waals surface area (Å²) in [5.74, 6) is -0.149. The highest BCUT2D eigenvalue weighted by atomic mass is 16.3. The Bertz CT molecular complexity index is 435. The molecule has 2 amide bonds. The van der Waals surface area contributed by atoms with E-state index < -0.39 is 0 Å². The lowest BCUT2D eigenvalue weighted by Crippen LogP contribution is -2.47. The molecule has 1 unspecified atom stereocenters. The summed E-state index contributed by atoms with van der Waals surface area (Å²) in [6, 6.07) is 6.14. The fourth-order valence-electron chi connectivity index (χ4n) is 1.77. The van der Waals surface area contributed by atoms with Crippen molar-refractivity contribution in [3.8, 4) is 5.75 Å². The van der Waals surface area contributed by atoms with Gasteiger partial charge in [-0.2, -0.15) is 0 Å². The fraction of sp³-hybridized carbons (Fsp3) is 0.333. The van der Waals surface area contributed by atoms with Crippen LogP contribution in [-0.4, -0.2) is 29.5 Å². The lowest BCUT2D eigenvalue weighted by atomic mass is 10.1. The van der Waals surface area contributed by atoms with Gasteiger partial charge in [0.15, 0.2) is 0 Å². The Balaban J connectivity index is 1.95. The van der Waals surface area contributed by atoms with Crippen molar-refractivity contribution in [3.63, 3.8) is 0 Å². The van der Waals surface area contributed by atoms with Crippen molar-refractivity contribution >= 4 is 11.8 Å². The average molecular weight is 234 g/mol. The number of hydrogen-bond donors (Lipinski definition) is 3. The molecule has 0 aromatic heterocycles. The first-order valence-corrected chi connectivity index (χ1v) is 5.52. The molecule has 0 bridgehead atoms. The zero-order chi connectivity index (χ0) is 12.3. The number of amides is 2. The van der Waals surface area contributed by atoms with E-state index in [1.54, 1.807) is 12.1 Å². The summed E-state index contributed by atoms with van der Waals surface area (Å²) in [6.45, 7) is 0.462. The van der Waals surface area contributed by atoms with E-state index in [-0.39, 0.29) is 23.6 Å². The van der Waals surface area contributed by atoms with Crippen molar-refractivity contribution in [1.29, 1.82) is 0 Å². The van der Waals surface area contributed by atoms with Gasteiger partial charge in [0.2, 0.25) is 5.91 Å². The van der Waals surface area contributed by atoms with Crippen LogP contribution in [0, 0.1) is 0 Å². The molecule has 0 saturated carbocycles. The molecule has 5 heteroatoms. The minimum absolute atomic E-state index is 0.0212. The largest absolute Gasteiger partial charge is 0.508 e. The molecule has 1 aliphatic rings. The van der Waals surface area contributed by atoms with E-state index in [9.17, 15) is 14.7 Å². The van der Waals surface area contributed by atoms with Gasteiger partial charge in [-0.1, -0.05) is 6.07 Å². The van der Waals surface area contributed by atoms with Crippen molar-refractivity contribution < 1.29 is 14.7 Å². The molecule has 1 atom stereocenters. The van der Waals surface area contributed by atoms with Crippen molar-refractivity contribution in [2.75, 3.05) is 6.54 Å². The van der Waals surface area contributed by atoms with Gasteiger partial charge in [-0.15, -0.1) is 0 Å². The van der Waals surface area contributed by atoms with Crippen LogP contribution in [0.25, 0.3) is 0 Å². The Morgan fingerprint density at radius 1 is 1.47 bits per heavy atom. The minimum Gasteiger partial charge on any atom is -0.508 e. The summed E-state index contributed by atoms with van der Waals surface area (Å²) in [6.07, 6.45) is 1.08. The summed E-state index contributed by atoms with van der Waals surface area (Å²) in [4.78, 5) is 22.8. The molecule has 1 fully saturated rings. The van der Waals surface area contributed by atoms with Crippen LogP contribution in [0.4, 0.5) is 0 Å². The van der Waals surface area contributed by atoms with Gasteiger partial charge in [0, 0.05) is 24.6 Å². The van der Waals surface area contributed by atoms with Crippen molar-refractivity contribution in [3.05, 3.63) is 29.8 Å². The molecular formula is C12H14N2O3. The van der Waals surface area contributed by atoms with Crippen LogP contribution in [0.3, 0.4) is 0 Å². The third-order valence-corrected chi connectivity index (χ3v) is 2.71. The summed E-state index contributed by atoms with van der Waals surface area (Å²) < 4.78 is 0. The molecule has 0 aliphatic carbocycles. The highest BCUT2D eigenvalue weighted by Gasteiger charge is 2.20. The van der Waals surface area contributed by atoms with Gasteiger partial charge < -0.3 is 15.7 Å². The smallest absolute Gasteiger partial charge is 0.251 e. The molecule has 2 rings (SSSR count). The second-order valence-corrected chi connectivity index (χ2v) is 4.06. The Morgan fingerprint density at radius 3 is 2.94 bits per heavy atom. The lowest BCUT2D eigenvalue weighted by Gasteiger charge is -2.23. The van der Waals surface area contributed by atoms with Crippen LogP contribution < -0.4 is 10.6 Å². The standard InChI is InChI=1S/C12H14N2O3/c15-10-3-1-2-8(6-10)12(17)14-9-4-5-11(16)13-7-9/h1-3,6,9,15H,4-5,7H2,(H,13,16)(H,14,17). The quantitative estimate of drug-likeness (QED) is 0.693. The number of aromatic hydroxyl groups is 1. The minimum atomic E-state index is -0.234. The second-order valence-electron chi connectivity index (χ2n) is 4.06.